The predicted octanol–water partition coefficient (Wildman–Crippen LogP) is 0.135. The largest absolute Gasteiger partial charge is 0.480 e. The second-order valence-electron chi connectivity index (χ2n) is 3.44. The average Bonchev–Trinajstić information content (AvgIpc) is 2.21. The molecule has 0 aliphatic rings. The maximum Gasteiger partial charge on any atom is 0.329 e. The van der Waals surface area contributed by atoms with Gasteiger partial charge in [0.1, 0.15) is 6.04 Å². The number of nitrogens with zero attached hydrogens (tertiary/aromatic N) is 1. The number of aromatic amines is 1. The minimum atomic E-state index is -1.08. The molecule has 1 atom stereocenters. The average molecular weight is 226 g/mol. The molecule has 0 spiro atoms. The summed E-state index contributed by atoms with van der Waals surface area (Å²) in [6.07, 6.45) is 2.06. The predicted molar refractivity (Wildman–Crippen MR) is 57.7 cm³/mol. The monoisotopic (exact) mass is 226 g/mol. The van der Waals surface area contributed by atoms with Gasteiger partial charge in [-0.25, -0.2) is 9.59 Å². The van der Waals surface area contributed by atoms with Crippen LogP contribution in [0.5, 0.6) is 0 Å². The van der Waals surface area contributed by atoms with Crippen LogP contribution in [-0.4, -0.2) is 20.6 Å². The van der Waals surface area contributed by atoms with Crippen LogP contribution in [0.2, 0.25) is 0 Å². The zero-order chi connectivity index (χ0) is 12.3. The van der Waals surface area contributed by atoms with Crippen LogP contribution >= 0.6 is 0 Å². The number of H-pyrrole nitrogens is 1. The molecule has 1 aromatic rings. The van der Waals surface area contributed by atoms with Gasteiger partial charge in [-0.3, -0.25) is 14.3 Å². The quantitative estimate of drug-likeness (QED) is 0.763. The van der Waals surface area contributed by atoms with Crippen molar-refractivity contribution in [1.82, 2.24) is 9.55 Å². The molecular weight excluding hydrogens is 212 g/mol. The Morgan fingerprint density at radius 3 is 2.56 bits per heavy atom. The minimum absolute atomic E-state index is 0.282. The van der Waals surface area contributed by atoms with Crippen LogP contribution in [0, 0.1) is 0 Å². The number of hydrogen-bond donors (Lipinski definition) is 2. The molecule has 0 saturated heterocycles. The van der Waals surface area contributed by atoms with E-state index in [9.17, 15) is 14.4 Å². The fourth-order valence-corrected chi connectivity index (χ4v) is 1.50. The number of aromatic nitrogens is 2. The van der Waals surface area contributed by atoms with E-state index in [0.29, 0.717) is 12.0 Å². The first-order chi connectivity index (χ1) is 7.51. The van der Waals surface area contributed by atoms with Crippen LogP contribution in [-0.2, 0) is 11.2 Å². The lowest BCUT2D eigenvalue weighted by atomic mass is 10.2. The highest BCUT2D eigenvalue weighted by Crippen LogP contribution is 2.08. The van der Waals surface area contributed by atoms with E-state index in [1.165, 1.54) is 6.20 Å². The summed E-state index contributed by atoms with van der Waals surface area (Å²) in [4.78, 5) is 35.8. The Balaban J connectivity index is 3.38. The molecule has 6 heteroatoms. The molecular formula is C10H14N2O4. The Labute approximate surface area is 91.5 Å². The van der Waals surface area contributed by atoms with Crippen molar-refractivity contribution < 1.29 is 9.90 Å². The minimum Gasteiger partial charge on any atom is -0.480 e. The summed E-state index contributed by atoms with van der Waals surface area (Å²) in [5.41, 5.74) is -0.736. The molecule has 1 rings (SSSR count). The van der Waals surface area contributed by atoms with E-state index >= 15 is 0 Å². The van der Waals surface area contributed by atoms with Crippen LogP contribution < -0.4 is 11.2 Å². The van der Waals surface area contributed by atoms with Gasteiger partial charge in [0.15, 0.2) is 0 Å². The smallest absolute Gasteiger partial charge is 0.329 e. The van der Waals surface area contributed by atoms with E-state index in [4.69, 9.17) is 5.11 Å². The fourth-order valence-electron chi connectivity index (χ4n) is 1.50. The van der Waals surface area contributed by atoms with Gasteiger partial charge < -0.3 is 5.11 Å². The number of nitrogens with one attached hydrogen (secondary N) is 1. The molecule has 1 heterocycles. The third kappa shape index (κ3) is 2.21. The lowest BCUT2D eigenvalue weighted by molar-refractivity contribution is -0.141. The number of carboxylic acid groups (broad SMARTS) is 1. The summed E-state index contributed by atoms with van der Waals surface area (Å²) >= 11 is 0. The SMILES string of the molecule is CCc1cn(C(CC)C(=O)O)c(=O)[nH]c1=O. The van der Waals surface area contributed by atoms with Crippen molar-refractivity contribution >= 4 is 5.97 Å². The zero-order valence-corrected chi connectivity index (χ0v) is 9.19. The van der Waals surface area contributed by atoms with Gasteiger partial charge in [0.25, 0.3) is 5.56 Å². The normalized spacial score (nSPS) is 12.4. The standard InChI is InChI=1S/C10H14N2O4/c1-3-6-5-12(7(4-2)9(14)15)10(16)11-8(6)13/h5,7H,3-4H2,1-2H3,(H,14,15)(H,11,13,16). The first-order valence-electron chi connectivity index (χ1n) is 5.08. The van der Waals surface area contributed by atoms with E-state index in [1.54, 1.807) is 13.8 Å². The topological polar surface area (TPSA) is 92.2 Å². The van der Waals surface area contributed by atoms with Gasteiger partial charge in [0.2, 0.25) is 0 Å². The highest BCUT2D eigenvalue weighted by atomic mass is 16.4. The van der Waals surface area contributed by atoms with Crippen molar-refractivity contribution in [2.45, 2.75) is 32.7 Å². The highest BCUT2D eigenvalue weighted by Gasteiger charge is 2.19. The Bertz CT molecular complexity index is 500. The molecule has 0 fully saturated rings. The molecule has 1 aromatic heterocycles. The van der Waals surface area contributed by atoms with E-state index in [1.807, 2.05) is 0 Å². The Kier molecular flexibility index (Phi) is 3.65. The summed E-state index contributed by atoms with van der Waals surface area (Å²) in [5, 5.41) is 8.93. The third-order valence-electron chi connectivity index (χ3n) is 2.43. The molecule has 16 heavy (non-hydrogen) atoms. The third-order valence-corrected chi connectivity index (χ3v) is 2.43. The first kappa shape index (κ1) is 12.2. The van der Waals surface area contributed by atoms with Crippen LogP contribution in [0.1, 0.15) is 31.9 Å². The lowest BCUT2D eigenvalue weighted by Gasteiger charge is -2.13. The Hall–Kier alpha value is -1.85. The van der Waals surface area contributed by atoms with Crippen molar-refractivity contribution in [3.05, 3.63) is 32.6 Å². The van der Waals surface area contributed by atoms with Gasteiger partial charge >= 0.3 is 11.7 Å². The van der Waals surface area contributed by atoms with Gasteiger partial charge in [-0.05, 0) is 12.8 Å². The van der Waals surface area contributed by atoms with Gasteiger partial charge in [0, 0.05) is 11.8 Å². The van der Waals surface area contributed by atoms with Crippen molar-refractivity contribution in [3.8, 4) is 0 Å². The van der Waals surface area contributed by atoms with Gasteiger partial charge in [0.05, 0.1) is 0 Å². The number of aryl methyl sites for hydroxylation is 1. The van der Waals surface area contributed by atoms with Crippen molar-refractivity contribution in [2.24, 2.45) is 0 Å². The molecule has 0 radical (unpaired) electrons. The summed E-state index contributed by atoms with van der Waals surface area (Å²) < 4.78 is 1.06. The number of carbonyl (C=O) groups is 1. The second-order valence-corrected chi connectivity index (χ2v) is 3.44. The van der Waals surface area contributed by atoms with Gasteiger partial charge in [-0.2, -0.15) is 0 Å². The fraction of sp³-hybridized carbons (Fsp3) is 0.500. The maximum atomic E-state index is 11.5. The zero-order valence-electron chi connectivity index (χ0n) is 9.19. The summed E-state index contributed by atoms with van der Waals surface area (Å²) in [6, 6.07) is -0.936. The van der Waals surface area contributed by atoms with Crippen LogP contribution in [0.25, 0.3) is 0 Å². The van der Waals surface area contributed by atoms with E-state index in [0.717, 1.165) is 4.57 Å². The van der Waals surface area contributed by atoms with Gasteiger partial charge in [-0.1, -0.05) is 13.8 Å². The molecule has 0 saturated carbocycles. The van der Waals surface area contributed by atoms with Crippen LogP contribution in [0.15, 0.2) is 15.8 Å². The van der Waals surface area contributed by atoms with E-state index < -0.39 is 23.3 Å². The number of aliphatic carboxylic acids is 1. The summed E-state index contributed by atoms with van der Waals surface area (Å²) in [7, 11) is 0. The molecule has 0 amide bonds. The number of hydrogen-bond acceptors (Lipinski definition) is 3. The Morgan fingerprint density at radius 1 is 1.50 bits per heavy atom. The molecule has 6 nitrogen and oxygen atoms in total. The van der Waals surface area contributed by atoms with Crippen molar-refractivity contribution in [3.63, 3.8) is 0 Å². The molecule has 0 bridgehead atoms. The highest BCUT2D eigenvalue weighted by molar-refractivity contribution is 5.71. The molecule has 0 aliphatic carbocycles. The first-order valence-corrected chi connectivity index (χ1v) is 5.08. The molecule has 1 unspecified atom stereocenters. The van der Waals surface area contributed by atoms with Gasteiger partial charge in [-0.15, -0.1) is 0 Å². The van der Waals surface area contributed by atoms with E-state index in [-0.39, 0.29) is 6.42 Å². The lowest BCUT2D eigenvalue weighted by Crippen LogP contribution is -2.36. The van der Waals surface area contributed by atoms with Crippen LogP contribution in [0.4, 0.5) is 0 Å². The molecule has 2 N–H and O–H groups in total. The Morgan fingerprint density at radius 2 is 2.12 bits per heavy atom. The number of rotatable bonds is 4. The van der Waals surface area contributed by atoms with Crippen LogP contribution in [0.3, 0.4) is 0 Å². The van der Waals surface area contributed by atoms with E-state index in [2.05, 4.69) is 4.98 Å². The molecule has 0 aliphatic heterocycles. The number of carboxylic acids is 1. The summed E-state index contributed by atoms with van der Waals surface area (Å²) in [6.45, 7) is 3.43. The van der Waals surface area contributed by atoms with Crippen molar-refractivity contribution in [1.29, 1.82) is 0 Å². The van der Waals surface area contributed by atoms with Crippen molar-refractivity contribution in [2.75, 3.05) is 0 Å². The molecule has 0 aromatic carbocycles. The maximum absolute atomic E-state index is 11.5. The molecule has 88 valence electrons. The summed E-state index contributed by atoms with van der Waals surface area (Å²) in [5.74, 6) is -1.08. The second kappa shape index (κ2) is 4.78.